The molecule has 0 unspecified atom stereocenters. The quantitative estimate of drug-likeness (QED) is 0.0518. The Hall–Kier alpha value is -5.13. The monoisotopic (exact) mass is 1100 g/mol. The lowest BCUT2D eigenvalue weighted by Gasteiger charge is -2.50. The Kier molecular flexibility index (Phi) is 21.0. The van der Waals surface area contributed by atoms with Crippen LogP contribution in [0, 0.1) is 0 Å². The zero-order valence-electron chi connectivity index (χ0n) is 41.9. The highest BCUT2D eigenvalue weighted by Gasteiger charge is 2.54. The zero-order valence-corrected chi connectivity index (χ0v) is 44.3. The summed E-state index contributed by atoms with van der Waals surface area (Å²) in [6.45, 7) is 2.16. The van der Waals surface area contributed by atoms with Crippen molar-refractivity contribution in [2.45, 2.75) is 108 Å². The molecule has 392 valence electrons. The molecule has 0 amide bonds. The maximum Gasteiger partial charge on any atom is 0.187 e. The standard InChI is InChI=1S/C62H64BrClO11/c1-65-61-60(58(71-41-49-27-31-51(63)32-28-49)56(69-40-50-29-33-52(64)34-30-50)53(73-61)42-66-35-44-17-7-2-8-18-44)75-62-59(72-39-48-25-15-6-16-26-48)57(70-38-47-23-13-5-14-24-47)55(68-37-46-21-11-4-12-22-46)54(74-62)43-67-36-45-19-9-3-10-20-45/h2-34,53-62H,35-43H2,1H3/t53-,54-,55-,56-,57+,58+,59+,60-,61-,62-/m1/s1. The van der Waals surface area contributed by atoms with Crippen molar-refractivity contribution in [2.24, 2.45) is 0 Å². The second-order valence-corrected chi connectivity index (χ2v) is 19.9. The van der Waals surface area contributed by atoms with Crippen molar-refractivity contribution in [3.63, 3.8) is 0 Å². The van der Waals surface area contributed by atoms with Gasteiger partial charge in [0, 0.05) is 16.6 Å². The van der Waals surface area contributed by atoms with Gasteiger partial charge in [-0.1, -0.05) is 203 Å². The average molecular weight is 1100 g/mol. The van der Waals surface area contributed by atoms with Gasteiger partial charge in [-0.05, 0) is 63.2 Å². The molecule has 13 heteroatoms. The summed E-state index contributed by atoms with van der Waals surface area (Å²) >= 11 is 9.93. The molecule has 9 rings (SSSR count). The second-order valence-electron chi connectivity index (χ2n) is 18.5. The number of methoxy groups -OCH3 is 1. The Balaban J connectivity index is 1.09. The van der Waals surface area contributed by atoms with Crippen LogP contribution >= 0.6 is 27.5 Å². The van der Waals surface area contributed by atoms with Crippen LogP contribution in [0.1, 0.15) is 38.9 Å². The molecule has 2 heterocycles. The van der Waals surface area contributed by atoms with E-state index in [-0.39, 0.29) is 46.2 Å². The first kappa shape index (κ1) is 54.7. The summed E-state index contributed by atoms with van der Waals surface area (Å²) in [5, 5.41) is 0.623. The van der Waals surface area contributed by atoms with E-state index in [4.69, 9.17) is 63.7 Å². The smallest absolute Gasteiger partial charge is 0.187 e. The maximum absolute atomic E-state index is 7.41. The highest BCUT2D eigenvalue weighted by Crippen LogP contribution is 2.37. The van der Waals surface area contributed by atoms with Crippen molar-refractivity contribution in [1.82, 2.24) is 0 Å². The van der Waals surface area contributed by atoms with E-state index in [0.29, 0.717) is 18.2 Å². The summed E-state index contributed by atoms with van der Waals surface area (Å²) in [6, 6.07) is 65.7. The Labute approximate surface area is 453 Å². The van der Waals surface area contributed by atoms with Crippen molar-refractivity contribution in [3.05, 3.63) is 249 Å². The van der Waals surface area contributed by atoms with E-state index in [0.717, 1.165) is 43.4 Å². The van der Waals surface area contributed by atoms with Crippen molar-refractivity contribution >= 4 is 27.5 Å². The van der Waals surface area contributed by atoms with Crippen LogP contribution < -0.4 is 0 Å². The summed E-state index contributed by atoms with van der Waals surface area (Å²) in [5.74, 6) is 0. The SMILES string of the molecule is CO[C@@H]1O[C@H](COCc2ccccc2)[C@@H](OCc2ccc(Cl)cc2)[C@H](OCc2ccc(Br)cc2)[C@H]1O[C@H]1O[C@H](COCc2ccccc2)[C@@H](OCc2ccccc2)[C@H](OCc2ccccc2)[C@@H]1OCc1ccccc1. The van der Waals surface area contributed by atoms with Crippen molar-refractivity contribution < 1.29 is 52.1 Å². The van der Waals surface area contributed by atoms with Crippen LogP contribution in [0.2, 0.25) is 5.02 Å². The highest BCUT2D eigenvalue weighted by molar-refractivity contribution is 9.10. The molecule has 0 N–H and O–H groups in total. The van der Waals surface area contributed by atoms with Gasteiger partial charge in [0.1, 0.15) is 48.8 Å². The fraction of sp³-hybridized carbons (Fsp3) is 0.323. The molecule has 0 bridgehead atoms. The molecular weight excluding hydrogens is 1040 g/mol. The van der Waals surface area contributed by atoms with Gasteiger partial charge in [0.25, 0.3) is 0 Å². The number of ether oxygens (including phenoxy) is 11. The molecule has 2 aliphatic heterocycles. The third-order valence-corrected chi connectivity index (χ3v) is 13.8. The lowest BCUT2D eigenvalue weighted by atomic mass is 9.96. The summed E-state index contributed by atoms with van der Waals surface area (Å²) in [6.07, 6.45) is -8.40. The summed E-state index contributed by atoms with van der Waals surface area (Å²) < 4.78 is 76.8. The minimum absolute atomic E-state index is 0.136. The Morgan fingerprint density at radius 3 is 1.08 bits per heavy atom. The van der Waals surface area contributed by atoms with Crippen LogP contribution in [0.4, 0.5) is 0 Å². The minimum Gasteiger partial charge on any atom is -0.374 e. The van der Waals surface area contributed by atoms with E-state index in [1.165, 1.54) is 0 Å². The van der Waals surface area contributed by atoms with Crippen molar-refractivity contribution in [1.29, 1.82) is 0 Å². The summed E-state index contributed by atoms with van der Waals surface area (Å²) in [7, 11) is 1.59. The van der Waals surface area contributed by atoms with Crippen LogP contribution in [0.5, 0.6) is 0 Å². The lowest BCUT2D eigenvalue weighted by molar-refractivity contribution is -0.381. The highest BCUT2D eigenvalue weighted by atomic mass is 79.9. The molecule has 2 aliphatic rings. The second kappa shape index (κ2) is 28.8. The third kappa shape index (κ3) is 16.2. The van der Waals surface area contributed by atoms with Crippen molar-refractivity contribution in [2.75, 3.05) is 20.3 Å². The van der Waals surface area contributed by atoms with Gasteiger partial charge in [-0.3, -0.25) is 0 Å². The van der Waals surface area contributed by atoms with Gasteiger partial charge in [-0.2, -0.15) is 0 Å². The summed E-state index contributed by atoms with van der Waals surface area (Å²) in [4.78, 5) is 0. The number of halogens is 2. The van der Waals surface area contributed by atoms with Gasteiger partial charge in [0.05, 0.1) is 59.5 Å². The Morgan fingerprint density at radius 2 is 0.680 bits per heavy atom. The molecular formula is C62H64BrClO11. The molecule has 7 aromatic rings. The number of rotatable bonds is 26. The molecule has 0 aromatic heterocycles. The van der Waals surface area contributed by atoms with Crippen LogP contribution in [0.25, 0.3) is 0 Å². The van der Waals surface area contributed by atoms with Crippen LogP contribution in [-0.2, 0) is 98.4 Å². The third-order valence-electron chi connectivity index (χ3n) is 13.1. The Bertz CT molecular complexity index is 2680. The van der Waals surface area contributed by atoms with E-state index in [1.807, 2.05) is 200 Å². The van der Waals surface area contributed by atoms with Crippen molar-refractivity contribution in [3.8, 4) is 0 Å². The largest absolute Gasteiger partial charge is 0.374 e. The van der Waals surface area contributed by atoms with Gasteiger partial charge in [0.15, 0.2) is 12.6 Å². The van der Waals surface area contributed by atoms with Gasteiger partial charge < -0.3 is 52.1 Å². The average Bonchev–Trinajstić information content (AvgIpc) is 3.45. The first-order valence-corrected chi connectivity index (χ1v) is 26.5. The molecule has 0 spiro atoms. The minimum atomic E-state index is -1.12. The van der Waals surface area contributed by atoms with E-state index < -0.39 is 61.4 Å². The van der Waals surface area contributed by atoms with E-state index in [1.54, 1.807) is 7.11 Å². The summed E-state index contributed by atoms with van der Waals surface area (Å²) in [5.41, 5.74) is 6.80. The topological polar surface area (TPSA) is 102 Å². The fourth-order valence-corrected chi connectivity index (χ4v) is 9.55. The van der Waals surface area contributed by atoms with Gasteiger partial charge >= 0.3 is 0 Å². The normalized spacial score (nSPS) is 23.7. The first-order chi connectivity index (χ1) is 37.0. The predicted octanol–water partition coefficient (Wildman–Crippen LogP) is 12.2. The van der Waals surface area contributed by atoms with E-state index in [9.17, 15) is 0 Å². The molecule has 11 nitrogen and oxygen atoms in total. The number of hydrogen-bond acceptors (Lipinski definition) is 11. The fourth-order valence-electron chi connectivity index (χ4n) is 9.16. The lowest BCUT2D eigenvalue weighted by Crippen LogP contribution is -2.66. The Morgan fingerprint density at radius 1 is 0.360 bits per heavy atom. The van der Waals surface area contributed by atoms with E-state index in [2.05, 4.69) is 15.9 Å². The molecule has 2 fully saturated rings. The molecule has 0 aliphatic carbocycles. The molecule has 10 atom stereocenters. The van der Waals surface area contributed by atoms with Gasteiger partial charge in [-0.25, -0.2) is 0 Å². The van der Waals surface area contributed by atoms with Gasteiger partial charge in [-0.15, -0.1) is 0 Å². The van der Waals surface area contributed by atoms with Crippen LogP contribution in [0.15, 0.2) is 205 Å². The van der Waals surface area contributed by atoms with Crippen LogP contribution in [0.3, 0.4) is 0 Å². The molecule has 75 heavy (non-hydrogen) atoms. The predicted molar refractivity (Wildman–Crippen MR) is 289 cm³/mol. The zero-order chi connectivity index (χ0) is 51.4. The van der Waals surface area contributed by atoms with E-state index >= 15 is 0 Å². The van der Waals surface area contributed by atoms with Crippen LogP contribution in [-0.4, -0.2) is 81.7 Å². The van der Waals surface area contributed by atoms with Gasteiger partial charge in [0.2, 0.25) is 0 Å². The molecule has 7 aromatic carbocycles. The molecule has 0 saturated carbocycles. The number of hydrogen-bond donors (Lipinski definition) is 0. The molecule has 2 saturated heterocycles. The maximum atomic E-state index is 7.41. The first-order valence-electron chi connectivity index (χ1n) is 25.4. The number of benzene rings is 7. The molecule has 0 radical (unpaired) electrons.